The van der Waals surface area contributed by atoms with Gasteiger partial charge in [-0.25, -0.2) is 0 Å². The topological polar surface area (TPSA) is 12.5 Å². The van der Waals surface area contributed by atoms with Crippen LogP contribution in [0.2, 0.25) is 0 Å². The van der Waals surface area contributed by atoms with Gasteiger partial charge in [-0.15, -0.1) is 0 Å². The number of nitrogens with zero attached hydrogens (tertiary/aromatic N) is 1. The van der Waals surface area contributed by atoms with Crippen molar-refractivity contribution in [2.45, 2.75) is 6.42 Å². The molecular formula is C18H19NO. The average Bonchev–Trinajstić information content (AvgIpc) is 2.51. The third kappa shape index (κ3) is 2.91. The van der Waals surface area contributed by atoms with E-state index in [1.807, 2.05) is 18.2 Å². The molecule has 3 rings (SSSR count). The molecule has 0 saturated heterocycles. The molecular weight excluding hydrogens is 246 g/mol. The van der Waals surface area contributed by atoms with Crippen molar-refractivity contribution >= 4 is 0 Å². The van der Waals surface area contributed by atoms with Crippen molar-refractivity contribution in [3.8, 4) is 16.9 Å². The number of hydrogen-bond donors (Lipinski definition) is 0. The van der Waals surface area contributed by atoms with E-state index in [9.17, 15) is 0 Å². The van der Waals surface area contributed by atoms with Crippen molar-refractivity contribution < 1.29 is 4.74 Å². The van der Waals surface area contributed by atoms with E-state index >= 15 is 0 Å². The second kappa shape index (κ2) is 5.93. The van der Waals surface area contributed by atoms with Crippen LogP contribution in [0.4, 0.5) is 0 Å². The zero-order chi connectivity index (χ0) is 13.8. The molecule has 0 fully saturated rings. The van der Waals surface area contributed by atoms with Gasteiger partial charge in [-0.05, 0) is 24.8 Å². The Kier molecular flexibility index (Phi) is 3.84. The van der Waals surface area contributed by atoms with E-state index in [0.29, 0.717) is 0 Å². The molecule has 0 atom stereocenters. The van der Waals surface area contributed by atoms with Crippen LogP contribution < -0.4 is 4.74 Å². The summed E-state index contributed by atoms with van der Waals surface area (Å²) in [4.78, 5) is 2.29. The minimum atomic E-state index is 0.939. The molecule has 0 unspecified atom stereocenters. The smallest absolute Gasteiger partial charge is 0.134 e. The highest BCUT2D eigenvalue weighted by atomic mass is 16.5. The van der Waals surface area contributed by atoms with Gasteiger partial charge in [0.2, 0.25) is 0 Å². The highest BCUT2D eigenvalue weighted by molar-refractivity contribution is 5.70. The molecule has 1 aliphatic rings. The zero-order valence-corrected chi connectivity index (χ0v) is 11.8. The van der Waals surface area contributed by atoms with E-state index in [2.05, 4.69) is 54.4 Å². The fraction of sp³-hybridized carbons (Fsp3) is 0.222. The molecule has 0 amide bonds. The summed E-state index contributed by atoms with van der Waals surface area (Å²) >= 11 is 0. The predicted octanol–water partition coefficient (Wildman–Crippen LogP) is 3.95. The van der Waals surface area contributed by atoms with E-state index in [0.717, 1.165) is 36.6 Å². The Morgan fingerprint density at radius 3 is 2.45 bits per heavy atom. The first-order valence-corrected chi connectivity index (χ1v) is 7.03. The molecule has 20 heavy (non-hydrogen) atoms. The van der Waals surface area contributed by atoms with Crippen molar-refractivity contribution in [1.29, 1.82) is 0 Å². The van der Waals surface area contributed by atoms with Gasteiger partial charge in [-0.3, -0.25) is 0 Å². The molecule has 0 radical (unpaired) electrons. The fourth-order valence-corrected chi connectivity index (χ4v) is 2.40. The lowest BCUT2D eigenvalue weighted by molar-refractivity contribution is 0.303. The minimum absolute atomic E-state index is 0.939. The molecule has 2 nitrogen and oxygen atoms in total. The van der Waals surface area contributed by atoms with Gasteiger partial charge < -0.3 is 9.64 Å². The first-order valence-electron chi connectivity index (χ1n) is 7.03. The molecule has 2 aromatic carbocycles. The van der Waals surface area contributed by atoms with Gasteiger partial charge in [-0.2, -0.15) is 0 Å². The van der Waals surface area contributed by atoms with E-state index in [-0.39, 0.29) is 0 Å². The Morgan fingerprint density at radius 1 is 0.950 bits per heavy atom. The molecule has 0 spiro atoms. The quantitative estimate of drug-likeness (QED) is 0.833. The van der Waals surface area contributed by atoms with Crippen LogP contribution in [0.5, 0.6) is 5.75 Å². The summed E-state index contributed by atoms with van der Waals surface area (Å²) in [6.45, 7) is 2.02. The van der Waals surface area contributed by atoms with E-state index in [1.54, 1.807) is 0 Å². The Morgan fingerprint density at radius 2 is 1.70 bits per heavy atom. The third-order valence-electron chi connectivity index (χ3n) is 3.58. The molecule has 0 aliphatic carbocycles. The van der Waals surface area contributed by atoms with Crippen molar-refractivity contribution in [2.75, 3.05) is 20.1 Å². The number of para-hydroxylation sites is 1. The van der Waals surface area contributed by atoms with Crippen LogP contribution in [-0.4, -0.2) is 25.0 Å². The lowest BCUT2D eigenvalue weighted by Gasteiger charge is -2.22. The van der Waals surface area contributed by atoms with E-state index in [4.69, 9.17) is 4.74 Å². The molecule has 0 saturated carbocycles. The Labute approximate surface area is 120 Å². The van der Waals surface area contributed by atoms with Gasteiger partial charge in [0, 0.05) is 25.1 Å². The highest BCUT2D eigenvalue weighted by Gasteiger charge is 2.12. The molecule has 0 aromatic heterocycles. The normalized spacial score (nSPS) is 15.8. The summed E-state index contributed by atoms with van der Waals surface area (Å²) in [7, 11) is 2.13. The molecule has 0 N–H and O–H groups in total. The van der Waals surface area contributed by atoms with Crippen molar-refractivity contribution in [3.63, 3.8) is 0 Å². The number of likely N-dealkylation sites (N-methyl/N-ethyl adjacent to an activating group) is 1. The fourth-order valence-electron chi connectivity index (χ4n) is 2.40. The largest absolute Gasteiger partial charge is 0.461 e. The summed E-state index contributed by atoms with van der Waals surface area (Å²) in [5, 5.41) is 0. The van der Waals surface area contributed by atoms with Gasteiger partial charge >= 0.3 is 0 Å². The van der Waals surface area contributed by atoms with Crippen molar-refractivity contribution in [1.82, 2.24) is 4.90 Å². The van der Waals surface area contributed by atoms with Crippen LogP contribution in [0.15, 0.2) is 66.4 Å². The maximum atomic E-state index is 6.12. The summed E-state index contributed by atoms with van der Waals surface area (Å²) in [5.41, 5.74) is 2.34. The van der Waals surface area contributed by atoms with Gasteiger partial charge in [0.25, 0.3) is 0 Å². The molecule has 102 valence electrons. The number of benzene rings is 2. The number of ether oxygens (including phenoxy) is 1. The van der Waals surface area contributed by atoms with Gasteiger partial charge in [-0.1, -0.05) is 48.5 Å². The zero-order valence-electron chi connectivity index (χ0n) is 11.8. The third-order valence-corrected chi connectivity index (χ3v) is 3.58. The predicted molar refractivity (Wildman–Crippen MR) is 82.7 cm³/mol. The number of hydrogen-bond acceptors (Lipinski definition) is 2. The van der Waals surface area contributed by atoms with Gasteiger partial charge in [0.05, 0.1) is 0 Å². The second-order valence-corrected chi connectivity index (χ2v) is 5.15. The molecule has 0 bridgehead atoms. The lowest BCUT2D eigenvalue weighted by Crippen LogP contribution is -2.25. The monoisotopic (exact) mass is 265 g/mol. The first kappa shape index (κ1) is 12.9. The minimum Gasteiger partial charge on any atom is -0.461 e. The highest BCUT2D eigenvalue weighted by Crippen LogP contribution is 2.31. The van der Waals surface area contributed by atoms with Gasteiger partial charge in [0.1, 0.15) is 11.5 Å². The van der Waals surface area contributed by atoms with Crippen molar-refractivity contribution in [2.24, 2.45) is 0 Å². The average molecular weight is 265 g/mol. The lowest BCUT2D eigenvalue weighted by atomic mass is 10.0. The molecule has 1 heterocycles. The Balaban J connectivity index is 1.87. The van der Waals surface area contributed by atoms with Gasteiger partial charge in [0.15, 0.2) is 0 Å². The molecule has 2 aromatic rings. The Hall–Kier alpha value is -2.06. The van der Waals surface area contributed by atoms with Crippen LogP contribution in [0.25, 0.3) is 11.1 Å². The summed E-state index contributed by atoms with van der Waals surface area (Å²) < 4.78 is 6.12. The standard InChI is InChI=1S/C18H19NO/c1-19-13-11-16(12-14-19)20-18-10-6-5-9-17(18)15-7-3-2-4-8-15/h2-11H,12-14H2,1H3. The van der Waals surface area contributed by atoms with Crippen LogP contribution in [0.3, 0.4) is 0 Å². The number of rotatable bonds is 3. The van der Waals surface area contributed by atoms with Crippen LogP contribution in [0, 0.1) is 0 Å². The summed E-state index contributed by atoms with van der Waals surface area (Å²) in [6, 6.07) is 18.6. The molecule has 1 aliphatic heterocycles. The Bertz CT molecular complexity index is 604. The maximum Gasteiger partial charge on any atom is 0.134 e. The van der Waals surface area contributed by atoms with E-state index < -0.39 is 0 Å². The summed E-state index contributed by atoms with van der Waals surface area (Å²) in [5.74, 6) is 2.01. The second-order valence-electron chi connectivity index (χ2n) is 5.15. The first-order chi connectivity index (χ1) is 9.83. The SMILES string of the molecule is CN1CC=C(Oc2ccccc2-c2ccccc2)CC1. The van der Waals surface area contributed by atoms with Crippen molar-refractivity contribution in [3.05, 3.63) is 66.4 Å². The van der Waals surface area contributed by atoms with Crippen LogP contribution >= 0.6 is 0 Å². The van der Waals surface area contributed by atoms with Crippen LogP contribution in [0.1, 0.15) is 6.42 Å². The molecule has 2 heteroatoms. The maximum absolute atomic E-state index is 6.12. The summed E-state index contributed by atoms with van der Waals surface area (Å²) in [6.07, 6.45) is 3.14. The van der Waals surface area contributed by atoms with E-state index in [1.165, 1.54) is 5.56 Å². The van der Waals surface area contributed by atoms with Crippen LogP contribution in [-0.2, 0) is 0 Å².